The first-order valence-electron chi connectivity index (χ1n) is 2.03. The minimum Gasteiger partial charge on any atom is -0.450 e. The summed E-state index contributed by atoms with van der Waals surface area (Å²) >= 11 is 1.95. The van der Waals surface area contributed by atoms with Crippen LogP contribution in [0.15, 0.2) is 0 Å². The summed E-state index contributed by atoms with van der Waals surface area (Å²) in [7, 11) is 3.75. The van der Waals surface area contributed by atoms with Crippen LogP contribution in [0.25, 0.3) is 0 Å². The van der Waals surface area contributed by atoms with Crippen LogP contribution in [0, 0.1) is 7.05 Å². The van der Waals surface area contributed by atoms with Gasteiger partial charge in [0.15, 0.2) is 0 Å². The zero-order valence-electron chi connectivity index (χ0n) is 3.68. The minimum absolute atomic E-state index is 1.12. The summed E-state index contributed by atoms with van der Waals surface area (Å²) in [5.74, 6) is 2.39. The van der Waals surface area contributed by atoms with Crippen molar-refractivity contribution in [1.82, 2.24) is 4.90 Å². The Balaban J connectivity index is 2.18. The molecule has 0 aromatic rings. The molecule has 36 valence electrons. The molecule has 1 fully saturated rings. The van der Waals surface area contributed by atoms with Gasteiger partial charge in [0.1, 0.15) is 0 Å². The first-order chi connectivity index (χ1) is 2.89. The molecule has 0 spiro atoms. The van der Waals surface area contributed by atoms with Crippen LogP contribution in [0.4, 0.5) is 0 Å². The van der Waals surface area contributed by atoms with E-state index in [-0.39, 0.29) is 0 Å². The Morgan fingerprint density at radius 2 is 2.50 bits per heavy atom. The average Bonchev–Trinajstić information content (AvgIpc) is 1.86. The molecule has 1 nitrogen and oxygen atoms in total. The van der Waals surface area contributed by atoms with Crippen molar-refractivity contribution in [3.8, 4) is 0 Å². The van der Waals surface area contributed by atoms with Gasteiger partial charge in [-0.1, -0.05) is 0 Å². The minimum atomic E-state index is 1.12. The summed E-state index contributed by atoms with van der Waals surface area (Å²) in [6, 6.07) is 0. The van der Waals surface area contributed by atoms with Crippen molar-refractivity contribution >= 4 is 11.8 Å². The number of rotatable bonds is 0. The summed E-state index contributed by atoms with van der Waals surface area (Å²) in [5, 5.41) is 0. The van der Waals surface area contributed by atoms with Crippen molar-refractivity contribution in [3.05, 3.63) is 7.05 Å². The summed E-state index contributed by atoms with van der Waals surface area (Å²) < 4.78 is 0. The smallest absolute Gasteiger partial charge is 0.0171 e. The molecule has 1 saturated heterocycles. The molecule has 1 aliphatic heterocycles. The topological polar surface area (TPSA) is 3.24 Å². The van der Waals surface area contributed by atoms with E-state index >= 15 is 0 Å². The highest BCUT2D eigenvalue weighted by molar-refractivity contribution is 7.99. The highest BCUT2D eigenvalue weighted by atomic mass is 32.2. The van der Waals surface area contributed by atoms with Crippen LogP contribution in [0.5, 0.6) is 0 Å². The molecule has 0 aliphatic carbocycles. The van der Waals surface area contributed by atoms with Crippen LogP contribution >= 0.6 is 11.8 Å². The quantitative estimate of drug-likeness (QED) is 0.416. The van der Waals surface area contributed by atoms with Crippen LogP contribution in [0.1, 0.15) is 0 Å². The second-order valence-corrected chi connectivity index (χ2v) is 2.51. The van der Waals surface area contributed by atoms with E-state index in [4.69, 9.17) is 0 Å². The Bertz CT molecular complexity index is 40.8. The van der Waals surface area contributed by atoms with E-state index in [1.165, 1.54) is 12.3 Å². The van der Waals surface area contributed by atoms with E-state index in [9.17, 15) is 0 Å². The van der Waals surface area contributed by atoms with Crippen LogP contribution < -0.4 is 0 Å². The predicted molar refractivity (Wildman–Crippen MR) is 29.4 cm³/mol. The molecule has 1 heterocycles. The molecule has 2 heteroatoms. The highest BCUT2D eigenvalue weighted by Crippen LogP contribution is 2.10. The molecular weight excluding hydrogens is 94.1 g/mol. The van der Waals surface area contributed by atoms with Gasteiger partial charge in [0.2, 0.25) is 0 Å². The highest BCUT2D eigenvalue weighted by Gasteiger charge is 1.97. The van der Waals surface area contributed by atoms with Crippen molar-refractivity contribution in [3.63, 3.8) is 0 Å². The molecule has 1 aliphatic rings. The molecule has 0 atom stereocenters. The van der Waals surface area contributed by atoms with Crippen molar-refractivity contribution in [2.24, 2.45) is 0 Å². The largest absolute Gasteiger partial charge is 0.450 e. The summed E-state index contributed by atoms with van der Waals surface area (Å²) in [6.45, 7) is 1.17. The van der Waals surface area contributed by atoms with E-state index in [2.05, 4.69) is 11.9 Å². The molecule has 0 radical (unpaired) electrons. The molecule has 0 bridgehead atoms. The Labute approximate surface area is 42.7 Å². The molecule has 0 amide bonds. The standard InChI is InChI=1S/C4H8NS/c1-5-2-3-6-4-5/h1-4H2/q-1. The SMILES string of the molecule is [CH2-]N1CCSC1. The molecule has 6 heavy (non-hydrogen) atoms. The van der Waals surface area contributed by atoms with E-state index in [0.717, 1.165) is 5.88 Å². The maximum Gasteiger partial charge on any atom is 0.0171 e. The van der Waals surface area contributed by atoms with Crippen molar-refractivity contribution in [1.29, 1.82) is 0 Å². The van der Waals surface area contributed by atoms with Gasteiger partial charge in [-0.05, 0) is 6.54 Å². The van der Waals surface area contributed by atoms with Gasteiger partial charge >= 0.3 is 0 Å². The second-order valence-electron chi connectivity index (χ2n) is 1.43. The molecular formula is C4H8NS-. The van der Waals surface area contributed by atoms with Gasteiger partial charge in [0.05, 0.1) is 0 Å². The monoisotopic (exact) mass is 102 g/mol. The molecule has 0 saturated carbocycles. The van der Waals surface area contributed by atoms with Gasteiger partial charge in [0.25, 0.3) is 0 Å². The predicted octanol–water partition coefficient (Wildman–Crippen LogP) is 0.784. The number of thioether (sulfide) groups is 1. The van der Waals surface area contributed by atoms with Crippen LogP contribution in [-0.2, 0) is 0 Å². The van der Waals surface area contributed by atoms with Gasteiger partial charge < -0.3 is 4.90 Å². The first-order valence-corrected chi connectivity index (χ1v) is 3.18. The second kappa shape index (κ2) is 1.85. The van der Waals surface area contributed by atoms with Gasteiger partial charge in [-0.3, -0.25) is 7.05 Å². The Morgan fingerprint density at radius 3 is 2.67 bits per heavy atom. The maximum atomic E-state index is 3.75. The third kappa shape index (κ3) is 0.884. The molecule has 1 rings (SSSR count). The lowest BCUT2D eigenvalue weighted by Crippen LogP contribution is -2.08. The number of hydrogen-bond donors (Lipinski definition) is 0. The summed E-state index contributed by atoms with van der Waals surface area (Å²) in [6.07, 6.45) is 0. The number of nitrogens with zero attached hydrogens (tertiary/aromatic N) is 1. The Morgan fingerprint density at radius 1 is 1.67 bits per heavy atom. The fraction of sp³-hybridized carbons (Fsp3) is 0.750. The molecule has 0 aromatic carbocycles. The third-order valence-electron chi connectivity index (χ3n) is 0.826. The van der Waals surface area contributed by atoms with Gasteiger partial charge in [-0.15, -0.1) is 11.8 Å². The lowest BCUT2D eigenvalue weighted by atomic mass is 10.7. The van der Waals surface area contributed by atoms with Crippen molar-refractivity contribution in [2.75, 3.05) is 18.2 Å². The molecule has 0 N–H and O–H groups in total. The Kier molecular flexibility index (Phi) is 1.37. The lowest BCUT2D eigenvalue weighted by molar-refractivity contribution is 0.484. The summed E-state index contributed by atoms with van der Waals surface area (Å²) in [4.78, 5) is 2.07. The van der Waals surface area contributed by atoms with Gasteiger partial charge in [0, 0.05) is 11.6 Å². The van der Waals surface area contributed by atoms with Crippen LogP contribution in [0.3, 0.4) is 0 Å². The lowest BCUT2D eigenvalue weighted by Gasteiger charge is -2.11. The third-order valence-corrected chi connectivity index (χ3v) is 1.84. The summed E-state index contributed by atoms with van der Waals surface area (Å²) in [5.41, 5.74) is 0. The van der Waals surface area contributed by atoms with Crippen LogP contribution in [-0.4, -0.2) is 23.1 Å². The maximum absolute atomic E-state index is 3.75. The Hall–Kier alpha value is 0.310. The molecule has 0 aromatic heterocycles. The number of hydrogen-bond acceptors (Lipinski definition) is 2. The van der Waals surface area contributed by atoms with E-state index < -0.39 is 0 Å². The molecule has 0 unspecified atom stereocenters. The van der Waals surface area contributed by atoms with Crippen LogP contribution in [0.2, 0.25) is 0 Å². The zero-order valence-corrected chi connectivity index (χ0v) is 4.50. The van der Waals surface area contributed by atoms with E-state index in [1.807, 2.05) is 11.8 Å². The van der Waals surface area contributed by atoms with Crippen molar-refractivity contribution in [2.45, 2.75) is 0 Å². The van der Waals surface area contributed by atoms with Crippen molar-refractivity contribution < 1.29 is 0 Å². The van der Waals surface area contributed by atoms with Gasteiger partial charge in [-0.2, -0.15) is 0 Å². The van der Waals surface area contributed by atoms with E-state index in [1.54, 1.807) is 0 Å². The zero-order chi connectivity index (χ0) is 4.41. The van der Waals surface area contributed by atoms with E-state index in [0.29, 0.717) is 0 Å². The fourth-order valence-corrected chi connectivity index (χ4v) is 1.36. The van der Waals surface area contributed by atoms with Gasteiger partial charge in [-0.25, -0.2) is 0 Å². The normalized spacial score (nSPS) is 25.5. The average molecular weight is 102 g/mol. The fourth-order valence-electron chi connectivity index (χ4n) is 0.452. The first kappa shape index (κ1) is 4.47.